The lowest BCUT2D eigenvalue weighted by Gasteiger charge is -2.05. The van der Waals surface area contributed by atoms with Crippen molar-refractivity contribution in [3.05, 3.63) is 29.3 Å². The average molecular weight is 269 g/mol. The fourth-order valence-corrected chi connectivity index (χ4v) is 3.15. The first kappa shape index (κ1) is 12.8. The minimum atomic E-state index is -3.51. The fourth-order valence-electron chi connectivity index (χ4n) is 1.75. The van der Waals surface area contributed by atoms with Crippen LogP contribution in [0.2, 0.25) is 0 Å². The van der Waals surface area contributed by atoms with Crippen molar-refractivity contribution in [1.29, 1.82) is 0 Å². The zero-order valence-corrected chi connectivity index (χ0v) is 11.0. The van der Waals surface area contributed by atoms with E-state index in [1.165, 1.54) is 0 Å². The van der Waals surface area contributed by atoms with E-state index in [9.17, 15) is 8.42 Å². The molecule has 0 aromatic carbocycles. The number of aromatic amines is 2. The molecule has 98 valence electrons. The molecule has 7 nitrogen and oxygen atoms in total. The second kappa shape index (κ2) is 4.91. The maximum Gasteiger partial charge on any atom is 0.244 e. The zero-order valence-electron chi connectivity index (χ0n) is 10.2. The molecule has 3 N–H and O–H groups in total. The van der Waals surface area contributed by atoms with Crippen molar-refractivity contribution in [3.63, 3.8) is 0 Å². The first-order valence-electron chi connectivity index (χ1n) is 5.50. The number of nitrogens with one attached hydrogen (secondary N) is 3. The number of sulfonamides is 1. The van der Waals surface area contributed by atoms with E-state index in [0.717, 1.165) is 5.69 Å². The van der Waals surface area contributed by atoms with Crippen molar-refractivity contribution in [2.75, 3.05) is 6.54 Å². The molecule has 0 aliphatic heterocycles. The van der Waals surface area contributed by atoms with E-state index < -0.39 is 10.0 Å². The molecule has 0 aliphatic carbocycles. The summed E-state index contributed by atoms with van der Waals surface area (Å²) >= 11 is 0. The summed E-state index contributed by atoms with van der Waals surface area (Å²) in [6, 6.07) is 1.81. The molecule has 2 aromatic rings. The van der Waals surface area contributed by atoms with Crippen LogP contribution in [0.4, 0.5) is 0 Å². The molecule has 0 amide bonds. The van der Waals surface area contributed by atoms with Crippen molar-refractivity contribution >= 4 is 10.0 Å². The Morgan fingerprint density at radius 2 is 2.11 bits per heavy atom. The van der Waals surface area contributed by atoms with Gasteiger partial charge < -0.3 is 0 Å². The third-order valence-electron chi connectivity index (χ3n) is 2.57. The van der Waals surface area contributed by atoms with E-state index >= 15 is 0 Å². The second-order valence-corrected chi connectivity index (χ2v) is 5.70. The largest absolute Gasteiger partial charge is 0.283 e. The van der Waals surface area contributed by atoms with Crippen molar-refractivity contribution in [3.8, 4) is 0 Å². The normalized spacial score (nSPS) is 11.9. The second-order valence-electron chi connectivity index (χ2n) is 3.99. The van der Waals surface area contributed by atoms with Crippen LogP contribution in [0.3, 0.4) is 0 Å². The molecule has 0 saturated heterocycles. The molecule has 0 radical (unpaired) electrons. The number of H-pyrrole nitrogens is 2. The van der Waals surface area contributed by atoms with Crippen LogP contribution in [0.1, 0.15) is 17.1 Å². The van der Waals surface area contributed by atoms with E-state index in [0.29, 0.717) is 24.4 Å². The first-order chi connectivity index (χ1) is 8.50. The predicted molar refractivity (Wildman–Crippen MR) is 65.5 cm³/mol. The van der Waals surface area contributed by atoms with Gasteiger partial charge in [0.25, 0.3) is 0 Å². The number of hydrogen-bond acceptors (Lipinski definition) is 4. The molecule has 2 aromatic heterocycles. The Morgan fingerprint density at radius 3 is 2.67 bits per heavy atom. The standard InChI is InChI=1S/C10H15N5O2S/c1-7-10(8(2)14-13-7)18(16,17)12-6-4-9-3-5-11-15-9/h3,5,12H,4,6H2,1-2H3,(H,11,15)(H,13,14). The van der Waals surface area contributed by atoms with Crippen LogP contribution >= 0.6 is 0 Å². The zero-order chi connectivity index (χ0) is 13.2. The summed E-state index contributed by atoms with van der Waals surface area (Å²) in [6.45, 7) is 3.66. The summed E-state index contributed by atoms with van der Waals surface area (Å²) in [4.78, 5) is 0.229. The highest BCUT2D eigenvalue weighted by atomic mass is 32.2. The van der Waals surface area contributed by atoms with E-state index in [4.69, 9.17) is 0 Å². The third kappa shape index (κ3) is 2.59. The molecule has 2 rings (SSSR count). The van der Waals surface area contributed by atoms with Gasteiger partial charge in [-0.2, -0.15) is 10.2 Å². The third-order valence-corrected chi connectivity index (χ3v) is 4.30. The maximum absolute atomic E-state index is 12.1. The fraction of sp³-hybridized carbons (Fsp3) is 0.400. The Hall–Kier alpha value is -1.67. The molecule has 8 heteroatoms. The molecule has 0 atom stereocenters. The SMILES string of the molecule is Cc1n[nH]c(C)c1S(=O)(=O)NCCc1ccn[nH]1. The Kier molecular flexibility index (Phi) is 3.48. The molecule has 0 saturated carbocycles. The van der Waals surface area contributed by atoms with Crippen molar-refractivity contribution in [1.82, 2.24) is 25.1 Å². The van der Waals surface area contributed by atoms with Gasteiger partial charge >= 0.3 is 0 Å². The van der Waals surface area contributed by atoms with E-state index in [1.807, 2.05) is 6.07 Å². The first-order valence-corrected chi connectivity index (χ1v) is 6.98. The number of nitrogens with zero attached hydrogens (tertiary/aromatic N) is 2. The minimum absolute atomic E-state index is 0.229. The van der Waals surface area contributed by atoms with Gasteiger partial charge in [0, 0.05) is 24.9 Å². The molecule has 0 bridgehead atoms. The van der Waals surface area contributed by atoms with Gasteiger partial charge in [-0.25, -0.2) is 13.1 Å². The van der Waals surface area contributed by atoms with Gasteiger partial charge in [0.15, 0.2) is 0 Å². The summed E-state index contributed by atoms with van der Waals surface area (Å²) in [6.07, 6.45) is 2.20. The highest BCUT2D eigenvalue weighted by Crippen LogP contribution is 2.15. The molecule has 0 fully saturated rings. The van der Waals surface area contributed by atoms with Crippen LogP contribution in [0.5, 0.6) is 0 Å². The number of aromatic nitrogens is 4. The van der Waals surface area contributed by atoms with Crippen molar-refractivity contribution < 1.29 is 8.42 Å². The van der Waals surface area contributed by atoms with Crippen LogP contribution in [-0.4, -0.2) is 35.4 Å². The summed E-state index contributed by atoms with van der Waals surface area (Å²) in [5.41, 5.74) is 1.90. The predicted octanol–water partition coefficient (Wildman–Crippen LogP) is 0.271. The number of aryl methyl sites for hydroxylation is 2. The Balaban J connectivity index is 2.04. The lowest BCUT2D eigenvalue weighted by Crippen LogP contribution is -2.27. The highest BCUT2D eigenvalue weighted by Gasteiger charge is 2.21. The van der Waals surface area contributed by atoms with Crippen LogP contribution < -0.4 is 4.72 Å². The summed E-state index contributed by atoms with van der Waals surface area (Å²) < 4.78 is 26.7. The van der Waals surface area contributed by atoms with Gasteiger partial charge in [-0.1, -0.05) is 0 Å². The molecule has 18 heavy (non-hydrogen) atoms. The van der Waals surface area contributed by atoms with E-state index in [2.05, 4.69) is 25.1 Å². The van der Waals surface area contributed by atoms with Crippen LogP contribution in [-0.2, 0) is 16.4 Å². The van der Waals surface area contributed by atoms with Gasteiger partial charge in [-0.15, -0.1) is 0 Å². The molecular formula is C10H15N5O2S. The van der Waals surface area contributed by atoms with Gasteiger partial charge in [0.2, 0.25) is 10.0 Å². The smallest absolute Gasteiger partial charge is 0.244 e. The Morgan fingerprint density at radius 1 is 1.33 bits per heavy atom. The highest BCUT2D eigenvalue weighted by molar-refractivity contribution is 7.89. The maximum atomic E-state index is 12.1. The lowest BCUT2D eigenvalue weighted by molar-refractivity contribution is 0.580. The van der Waals surface area contributed by atoms with E-state index in [1.54, 1.807) is 20.0 Å². The summed E-state index contributed by atoms with van der Waals surface area (Å²) in [5, 5.41) is 13.1. The quantitative estimate of drug-likeness (QED) is 0.724. The van der Waals surface area contributed by atoms with Crippen LogP contribution in [0, 0.1) is 13.8 Å². The number of hydrogen-bond donors (Lipinski definition) is 3. The Bertz CT molecular complexity index is 595. The molecule has 0 unspecified atom stereocenters. The van der Waals surface area contributed by atoms with Gasteiger partial charge in [-0.3, -0.25) is 10.2 Å². The van der Waals surface area contributed by atoms with Gasteiger partial charge in [0.05, 0.1) is 11.4 Å². The molecular weight excluding hydrogens is 254 g/mol. The summed E-state index contributed by atoms with van der Waals surface area (Å²) in [7, 11) is -3.51. The van der Waals surface area contributed by atoms with Crippen LogP contribution in [0.25, 0.3) is 0 Å². The minimum Gasteiger partial charge on any atom is -0.283 e. The Labute approximate surface area is 105 Å². The summed E-state index contributed by atoms with van der Waals surface area (Å²) in [5.74, 6) is 0. The van der Waals surface area contributed by atoms with E-state index in [-0.39, 0.29) is 4.90 Å². The van der Waals surface area contributed by atoms with Crippen LogP contribution in [0.15, 0.2) is 17.2 Å². The lowest BCUT2D eigenvalue weighted by atomic mass is 10.3. The van der Waals surface area contributed by atoms with Crippen molar-refractivity contribution in [2.24, 2.45) is 0 Å². The van der Waals surface area contributed by atoms with Gasteiger partial charge in [-0.05, 0) is 19.9 Å². The number of rotatable bonds is 5. The van der Waals surface area contributed by atoms with Crippen molar-refractivity contribution in [2.45, 2.75) is 25.2 Å². The monoisotopic (exact) mass is 269 g/mol. The average Bonchev–Trinajstić information content (AvgIpc) is 2.89. The molecule has 2 heterocycles. The van der Waals surface area contributed by atoms with Gasteiger partial charge in [0.1, 0.15) is 4.90 Å². The molecule has 0 spiro atoms. The molecule has 0 aliphatic rings. The topological polar surface area (TPSA) is 104 Å².